The summed E-state index contributed by atoms with van der Waals surface area (Å²) in [6, 6.07) is 11.9. The molecule has 7 nitrogen and oxygen atoms in total. The molecule has 0 spiro atoms. The highest BCUT2D eigenvalue weighted by Gasteiger charge is 2.46. The van der Waals surface area contributed by atoms with Gasteiger partial charge < -0.3 is 10.2 Å². The van der Waals surface area contributed by atoms with Crippen molar-refractivity contribution in [1.29, 1.82) is 0 Å². The van der Waals surface area contributed by atoms with Gasteiger partial charge in [-0.2, -0.15) is 5.10 Å². The van der Waals surface area contributed by atoms with Gasteiger partial charge in [-0.05, 0) is 35.9 Å². The first-order valence-electron chi connectivity index (χ1n) is 8.48. The summed E-state index contributed by atoms with van der Waals surface area (Å²) in [5.74, 6) is -0.611. The third-order valence-corrected chi connectivity index (χ3v) is 5.29. The number of rotatable bonds is 2. The lowest BCUT2D eigenvalue weighted by atomic mass is 9.89. The summed E-state index contributed by atoms with van der Waals surface area (Å²) in [6.07, 6.45) is 1.71. The molecule has 2 atom stereocenters. The molecule has 0 saturated carbocycles. The summed E-state index contributed by atoms with van der Waals surface area (Å²) in [6.45, 7) is 0.296. The highest BCUT2D eigenvalue weighted by molar-refractivity contribution is 6.30. The maximum atomic E-state index is 13.2. The third-order valence-electron chi connectivity index (χ3n) is 5.03. The van der Waals surface area contributed by atoms with E-state index in [2.05, 4.69) is 20.5 Å². The van der Waals surface area contributed by atoms with Crippen LogP contribution in [0.5, 0.6) is 0 Å². The lowest BCUT2D eigenvalue weighted by Gasteiger charge is -2.27. The molecule has 2 aromatic carbocycles. The largest absolute Gasteiger partial charge is 0.341 e. The highest BCUT2D eigenvalue weighted by atomic mass is 35.5. The molecule has 1 saturated heterocycles. The van der Waals surface area contributed by atoms with Crippen molar-refractivity contribution in [2.24, 2.45) is 10.9 Å². The molecular weight excluding hydrogens is 366 g/mol. The number of nitrogens with zero attached hydrogens (tertiary/aromatic N) is 3. The number of fused-ring (bicyclic) bond motifs is 2. The van der Waals surface area contributed by atoms with Crippen LogP contribution in [-0.2, 0) is 4.79 Å². The van der Waals surface area contributed by atoms with Gasteiger partial charge in [-0.15, -0.1) is 0 Å². The van der Waals surface area contributed by atoms with E-state index < -0.39 is 18.0 Å². The number of H-pyrrole nitrogens is 1. The summed E-state index contributed by atoms with van der Waals surface area (Å²) in [5.41, 5.74) is 3.06. The smallest absolute Gasteiger partial charge is 0.328 e. The summed E-state index contributed by atoms with van der Waals surface area (Å²) < 4.78 is 0. The van der Waals surface area contributed by atoms with Gasteiger partial charge in [0, 0.05) is 16.1 Å². The first-order chi connectivity index (χ1) is 13.1. The summed E-state index contributed by atoms with van der Waals surface area (Å²) in [5, 5.41) is 11.2. The van der Waals surface area contributed by atoms with Crippen LogP contribution in [-0.4, -0.2) is 34.4 Å². The molecule has 3 heterocycles. The fourth-order valence-corrected chi connectivity index (χ4v) is 3.86. The second kappa shape index (κ2) is 5.92. The van der Waals surface area contributed by atoms with Crippen molar-refractivity contribution in [1.82, 2.24) is 15.5 Å². The second-order valence-electron chi connectivity index (χ2n) is 6.63. The Morgan fingerprint density at radius 1 is 1.11 bits per heavy atom. The molecule has 2 aliphatic heterocycles. The predicted molar refractivity (Wildman–Crippen MR) is 102 cm³/mol. The average molecular weight is 380 g/mol. The van der Waals surface area contributed by atoms with Crippen LogP contribution < -0.4 is 10.2 Å². The molecule has 8 heteroatoms. The number of hydrogen-bond acceptors (Lipinski definition) is 3. The molecule has 27 heavy (non-hydrogen) atoms. The molecule has 134 valence electrons. The number of aromatic amines is 1. The van der Waals surface area contributed by atoms with Gasteiger partial charge >= 0.3 is 6.03 Å². The van der Waals surface area contributed by atoms with E-state index in [0.29, 0.717) is 17.3 Å². The number of carbonyl (C=O) groups excluding carboxylic acids is 2. The first kappa shape index (κ1) is 16.0. The van der Waals surface area contributed by atoms with Gasteiger partial charge in [-0.3, -0.25) is 9.89 Å². The summed E-state index contributed by atoms with van der Waals surface area (Å²) in [7, 11) is 0. The van der Waals surface area contributed by atoms with Crippen molar-refractivity contribution in [3.05, 3.63) is 59.2 Å². The number of urea groups is 1. The van der Waals surface area contributed by atoms with Crippen LogP contribution in [0, 0.1) is 5.92 Å². The van der Waals surface area contributed by atoms with Crippen molar-refractivity contribution < 1.29 is 9.59 Å². The molecule has 2 N–H and O–H groups in total. The monoisotopic (exact) mass is 379 g/mol. The standard InChI is InChI=1S/C19H14ClN5O2/c20-12-3-1-10(2-4-12)17-16-15(22-19(27)23-17)9-25(18(16)26)13-5-6-14-11(7-13)8-21-24-14/h1-8,16-17H,9H2,(H,21,24)(H,23,27). The number of benzene rings is 2. The van der Waals surface area contributed by atoms with Crippen LogP contribution in [0.1, 0.15) is 11.6 Å². The van der Waals surface area contributed by atoms with Gasteiger partial charge in [0.1, 0.15) is 5.92 Å². The summed E-state index contributed by atoms with van der Waals surface area (Å²) in [4.78, 5) is 31.0. The van der Waals surface area contributed by atoms with Crippen molar-refractivity contribution in [3.63, 3.8) is 0 Å². The van der Waals surface area contributed by atoms with E-state index in [1.807, 2.05) is 30.3 Å². The third kappa shape index (κ3) is 2.59. The van der Waals surface area contributed by atoms with Crippen molar-refractivity contribution in [2.45, 2.75) is 6.04 Å². The van der Waals surface area contributed by atoms with E-state index in [9.17, 15) is 9.59 Å². The van der Waals surface area contributed by atoms with E-state index in [1.165, 1.54) is 0 Å². The second-order valence-corrected chi connectivity index (χ2v) is 7.06. The minimum Gasteiger partial charge on any atom is -0.328 e. The Balaban J connectivity index is 1.54. The maximum absolute atomic E-state index is 13.2. The normalized spacial score (nSPS) is 22.0. The molecule has 0 bridgehead atoms. The van der Waals surface area contributed by atoms with Crippen LogP contribution in [0.25, 0.3) is 10.9 Å². The topological polar surface area (TPSA) is 90.5 Å². The highest BCUT2D eigenvalue weighted by Crippen LogP contribution is 2.35. The quantitative estimate of drug-likeness (QED) is 0.716. The first-order valence-corrected chi connectivity index (χ1v) is 8.86. The number of nitrogens with one attached hydrogen (secondary N) is 2. The fraction of sp³-hybridized carbons (Fsp3) is 0.158. The Labute approximate surface area is 159 Å². The lowest BCUT2D eigenvalue weighted by Crippen LogP contribution is -2.42. The molecule has 0 radical (unpaired) electrons. The number of amides is 3. The number of aliphatic imine (C=N–C) groups is 1. The van der Waals surface area contributed by atoms with Crippen LogP contribution in [0.3, 0.4) is 0 Å². The zero-order valence-electron chi connectivity index (χ0n) is 14.0. The van der Waals surface area contributed by atoms with Crippen LogP contribution in [0.4, 0.5) is 10.5 Å². The van der Waals surface area contributed by atoms with Crippen molar-refractivity contribution in [2.75, 3.05) is 11.4 Å². The number of halogens is 1. The zero-order valence-corrected chi connectivity index (χ0v) is 14.8. The Kier molecular flexibility index (Phi) is 3.51. The van der Waals surface area contributed by atoms with E-state index >= 15 is 0 Å². The Morgan fingerprint density at radius 2 is 1.93 bits per heavy atom. The Hall–Kier alpha value is -3.19. The predicted octanol–water partition coefficient (Wildman–Crippen LogP) is 3.08. The lowest BCUT2D eigenvalue weighted by molar-refractivity contribution is -0.120. The number of carbonyl (C=O) groups is 2. The molecule has 1 fully saturated rings. The SMILES string of the molecule is O=C1N=C2CN(c3ccc4[nH]ncc4c3)C(=O)C2C(c2ccc(Cl)cc2)N1. The van der Waals surface area contributed by atoms with E-state index in [-0.39, 0.29) is 5.91 Å². The molecule has 1 aromatic heterocycles. The molecule has 2 aliphatic rings. The molecule has 3 amide bonds. The summed E-state index contributed by atoms with van der Waals surface area (Å²) >= 11 is 5.97. The maximum Gasteiger partial charge on any atom is 0.341 e. The van der Waals surface area contributed by atoms with Crippen molar-refractivity contribution >= 4 is 45.8 Å². The van der Waals surface area contributed by atoms with Crippen LogP contribution in [0.2, 0.25) is 5.02 Å². The average Bonchev–Trinajstić information content (AvgIpc) is 3.25. The van der Waals surface area contributed by atoms with Gasteiger partial charge in [0.15, 0.2) is 0 Å². The molecular formula is C19H14ClN5O2. The van der Waals surface area contributed by atoms with Gasteiger partial charge in [-0.1, -0.05) is 23.7 Å². The zero-order chi connectivity index (χ0) is 18.5. The van der Waals surface area contributed by atoms with Crippen LogP contribution in [0.15, 0.2) is 53.7 Å². The van der Waals surface area contributed by atoms with Gasteiger partial charge in [0.05, 0.1) is 30.0 Å². The Morgan fingerprint density at radius 3 is 2.74 bits per heavy atom. The fourth-order valence-electron chi connectivity index (χ4n) is 3.73. The van der Waals surface area contributed by atoms with E-state index in [0.717, 1.165) is 22.2 Å². The van der Waals surface area contributed by atoms with Gasteiger partial charge in [-0.25, -0.2) is 9.79 Å². The van der Waals surface area contributed by atoms with Gasteiger partial charge in [0.25, 0.3) is 0 Å². The number of anilines is 1. The van der Waals surface area contributed by atoms with E-state index in [1.54, 1.807) is 23.2 Å². The van der Waals surface area contributed by atoms with Gasteiger partial charge in [0.2, 0.25) is 5.91 Å². The van der Waals surface area contributed by atoms with E-state index in [4.69, 9.17) is 11.6 Å². The molecule has 2 unspecified atom stereocenters. The molecule has 5 rings (SSSR count). The minimum atomic E-state index is -0.524. The minimum absolute atomic E-state index is 0.0865. The van der Waals surface area contributed by atoms with Crippen molar-refractivity contribution in [3.8, 4) is 0 Å². The number of hydrogen-bond donors (Lipinski definition) is 2. The molecule has 3 aromatic rings. The Bertz CT molecular complexity index is 1100. The number of aromatic nitrogens is 2. The van der Waals surface area contributed by atoms with Crippen LogP contribution >= 0.6 is 11.6 Å². The molecule has 0 aliphatic carbocycles.